The van der Waals surface area contributed by atoms with Gasteiger partial charge in [0, 0.05) is 19.1 Å². The van der Waals surface area contributed by atoms with Gasteiger partial charge in [-0.25, -0.2) is 4.79 Å². The van der Waals surface area contributed by atoms with E-state index < -0.39 is 12.1 Å². The summed E-state index contributed by atoms with van der Waals surface area (Å²) in [5.74, 6) is -0.352. The molecule has 2 saturated heterocycles. The Balaban J connectivity index is 1.57. The standard InChI is InChI=1S/C17H24N2O4/c1-18-8-6-13(7-9-18)19-10-15(20)16(11-19)23-14-4-2-12(3-5-14)17(21)22/h2-5,13,15-16,20H,6-11H2,1H3,(H,21,22)/t15-,16-/m1/s1. The lowest BCUT2D eigenvalue weighted by atomic mass is 10.0. The summed E-state index contributed by atoms with van der Waals surface area (Å²) in [4.78, 5) is 15.5. The van der Waals surface area contributed by atoms with Gasteiger partial charge in [0.25, 0.3) is 0 Å². The number of carboxylic acids is 1. The number of piperidine rings is 1. The quantitative estimate of drug-likeness (QED) is 0.859. The van der Waals surface area contributed by atoms with Gasteiger partial charge in [0.05, 0.1) is 5.56 Å². The number of β-amino-alcohol motifs (C(OH)–C–C–N with tert-alkyl or cyclic N) is 1. The number of likely N-dealkylation sites (tertiary alicyclic amines) is 2. The molecular weight excluding hydrogens is 296 g/mol. The van der Waals surface area contributed by atoms with Crippen LogP contribution in [-0.4, -0.2) is 77.5 Å². The minimum absolute atomic E-state index is 0.234. The summed E-state index contributed by atoms with van der Waals surface area (Å²) in [6.07, 6.45) is 1.49. The van der Waals surface area contributed by atoms with Gasteiger partial charge >= 0.3 is 5.97 Å². The van der Waals surface area contributed by atoms with E-state index >= 15 is 0 Å². The second-order valence-corrected chi connectivity index (χ2v) is 6.54. The molecule has 1 aromatic carbocycles. The van der Waals surface area contributed by atoms with Crippen molar-refractivity contribution in [2.75, 3.05) is 33.2 Å². The van der Waals surface area contributed by atoms with Gasteiger partial charge in [0.2, 0.25) is 0 Å². The van der Waals surface area contributed by atoms with Crippen molar-refractivity contribution in [1.29, 1.82) is 0 Å². The van der Waals surface area contributed by atoms with Gasteiger partial charge < -0.3 is 19.8 Å². The third-order valence-corrected chi connectivity index (χ3v) is 4.86. The summed E-state index contributed by atoms with van der Waals surface area (Å²) in [5, 5.41) is 19.2. The Morgan fingerprint density at radius 2 is 1.83 bits per heavy atom. The maximum absolute atomic E-state index is 10.9. The zero-order chi connectivity index (χ0) is 16.4. The van der Waals surface area contributed by atoms with Gasteiger partial charge in [0.15, 0.2) is 0 Å². The number of hydrogen-bond donors (Lipinski definition) is 2. The molecule has 0 bridgehead atoms. The SMILES string of the molecule is CN1CCC(N2C[C@@H](O)[C@H](Oc3ccc(C(=O)O)cc3)C2)CC1. The van der Waals surface area contributed by atoms with E-state index in [1.54, 1.807) is 12.1 Å². The van der Waals surface area contributed by atoms with E-state index in [-0.39, 0.29) is 11.7 Å². The van der Waals surface area contributed by atoms with Gasteiger partial charge in [-0.2, -0.15) is 0 Å². The first kappa shape index (κ1) is 16.2. The van der Waals surface area contributed by atoms with Gasteiger partial charge in [-0.15, -0.1) is 0 Å². The number of carbonyl (C=O) groups is 1. The van der Waals surface area contributed by atoms with Crippen molar-refractivity contribution in [1.82, 2.24) is 9.80 Å². The van der Waals surface area contributed by atoms with Gasteiger partial charge in [-0.1, -0.05) is 0 Å². The predicted octanol–water partition coefficient (Wildman–Crippen LogP) is 0.903. The molecule has 23 heavy (non-hydrogen) atoms. The van der Waals surface area contributed by atoms with Crippen LogP contribution in [0.5, 0.6) is 5.75 Å². The highest BCUT2D eigenvalue weighted by atomic mass is 16.5. The van der Waals surface area contributed by atoms with E-state index in [1.165, 1.54) is 12.1 Å². The maximum Gasteiger partial charge on any atom is 0.335 e. The van der Waals surface area contributed by atoms with Crippen molar-refractivity contribution < 1.29 is 19.7 Å². The summed E-state index contributed by atoms with van der Waals surface area (Å²) < 4.78 is 5.87. The third-order valence-electron chi connectivity index (χ3n) is 4.86. The molecule has 6 nitrogen and oxygen atoms in total. The molecule has 0 radical (unpaired) electrons. The molecule has 126 valence electrons. The molecule has 0 spiro atoms. The Morgan fingerprint density at radius 1 is 1.17 bits per heavy atom. The number of benzene rings is 1. The van der Waals surface area contributed by atoms with Gasteiger partial charge in [0.1, 0.15) is 18.0 Å². The van der Waals surface area contributed by atoms with Crippen molar-refractivity contribution in [3.63, 3.8) is 0 Å². The average Bonchev–Trinajstić information content (AvgIpc) is 2.89. The Morgan fingerprint density at radius 3 is 2.43 bits per heavy atom. The molecule has 2 atom stereocenters. The Bertz CT molecular complexity index is 540. The van der Waals surface area contributed by atoms with Crippen LogP contribution < -0.4 is 4.74 Å². The van der Waals surface area contributed by atoms with Crippen LogP contribution in [0, 0.1) is 0 Å². The lowest BCUT2D eigenvalue weighted by Gasteiger charge is -2.34. The van der Waals surface area contributed by atoms with Gasteiger partial charge in [-0.3, -0.25) is 4.90 Å². The number of ether oxygens (including phenoxy) is 1. The molecule has 0 unspecified atom stereocenters. The number of carboxylic acid groups (broad SMARTS) is 1. The van der Waals surface area contributed by atoms with E-state index in [0.29, 0.717) is 18.3 Å². The van der Waals surface area contributed by atoms with E-state index in [4.69, 9.17) is 9.84 Å². The van der Waals surface area contributed by atoms with Crippen molar-refractivity contribution in [3.8, 4) is 5.75 Å². The highest BCUT2D eigenvalue weighted by Crippen LogP contribution is 2.24. The fraction of sp³-hybridized carbons (Fsp3) is 0.588. The molecule has 3 rings (SSSR count). The van der Waals surface area contributed by atoms with Crippen molar-refractivity contribution in [2.45, 2.75) is 31.1 Å². The number of nitrogens with zero attached hydrogens (tertiary/aromatic N) is 2. The molecule has 2 aliphatic heterocycles. The molecule has 2 heterocycles. The van der Waals surface area contributed by atoms with Crippen LogP contribution in [0.15, 0.2) is 24.3 Å². The zero-order valence-electron chi connectivity index (χ0n) is 13.4. The Hall–Kier alpha value is -1.63. The van der Waals surface area contributed by atoms with E-state index in [1.807, 2.05) is 0 Å². The predicted molar refractivity (Wildman–Crippen MR) is 85.9 cm³/mol. The van der Waals surface area contributed by atoms with Crippen LogP contribution >= 0.6 is 0 Å². The molecule has 0 amide bonds. The van der Waals surface area contributed by atoms with Crippen molar-refractivity contribution >= 4 is 5.97 Å². The van der Waals surface area contributed by atoms with Crippen molar-refractivity contribution in [2.24, 2.45) is 0 Å². The molecule has 2 aliphatic rings. The zero-order valence-corrected chi connectivity index (χ0v) is 13.4. The lowest BCUT2D eigenvalue weighted by Crippen LogP contribution is -2.43. The summed E-state index contributed by atoms with van der Waals surface area (Å²) in [6, 6.07) is 6.86. The summed E-state index contributed by atoms with van der Waals surface area (Å²) in [7, 11) is 2.14. The van der Waals surface area contributed by atoms with E-state index in [0.717, 1.165) is 32.5 Å². The fourth-order valence-electron chi connectivity index (χ4n) is 3.41. The first-order chi connectivity index (χ1) is 11.0. The third kappa shape index (κ3) is 3.83. The normalized spacial score (nSPS) is 27.2. The summed E-state index contributed by atoms with van der Waals surface area (Å²) in [5.41, 5.74) is 0.234. The van der Waals surface area contributed by atoms with E-state index in [2.05, 4.69) is 16.8 Å². The fourth-order valence-corrected chi connectivity index (χ4v) is 3.41. The molecular formula is C17H24N2O4. The van der Waals surface area contributed by atoms with Crippen LogP contribution in [0.2, 0.25) is 0 Å². The lowest BCUT2D eigenvalue weighted by molar-refractivity contribution is 0.0693. The van der Waals surface area contributed by atoms with Crippen LogP contribution in [0.25, 0.3) is 0 Å². The number of rotatable bonds is 4. The molecule has 2 N–H and O–H groups in total. The Kier molecular flexibility index (Phi) is 4.84. The number of aliphatic hydroxyl groups is 1. The highest BCUT2D eigenvalue weighted by Gasteiger charge is 2.37. The molecule has 0 aliphatic carbocycles. The minimum atomic E-state index is -0.953. The van der Waals surface area contributed by atoms with Crippen LogP contribution in [0.3, 0.4) is 0 Å². The molecule has 0 aromatic heterocycles. The van der Waals surface area contributed by atoms with Crippen molar-refractivity contribution in [3.05, 3.63) is 29.8 Å². The number of aliphatic hydroxyl groups excluding tert-OH is 1. The summed E-state index contributed by atoms with van der Waals surface area (Å²) in [6.45, 7) is 3.56. The number of aromatic carboxylic acids is 1. The Labute approximate surface area is 136 Å². The first-order valence-electron chi connectivity index (χ1n) is 8.13. The second kappa shape index (κ2) is 6.86. The van der Waals surface area contributed by atoms with Crippen LogP contribution in [0.1, 0.15) is 23.2 Å². The topological polar surface area (TPSA) is 73.2 Å². The maximum atomic E-state index is 10.9. The monoisotopic (exact) mass is 320 g/mol. The number of hydrogen-bond acceptors (Lipinski definition) is 5. The van der Waals surface area contributed by atoms with Crippen LogP contribution in [0.4, 0.5) is 0 Å². The van der Waals surface area contributed by atoms with E-state index in [9.17, 15) is 9.90 Å². The minimum Gasteiger partial charge on any atom is -0.486 e. The van der Waals surface area contributed by atoms with Crippen LogP contribution in [-0.2, 0) is 0 Å². The van der Waals surface area contributed by atoms with Gasteiger partial charge in [-0.05, 0) is 57.2 Å². The molecule has 2 fully saturated rings. The largest absolute Gasteiger partial charge is 0.486 e. The molecule has 1 aromatic rings. The highest BCUT2D eigenvalue weighted by molar-refractivity contribution is 5.87. The second-order valence-electron chi connectivity index (χ2n) is 6.54. The summed E-state index contributed by atoms with van der Waals surface area (Å²) >= 11 is 0. The molecule has 6 heteroatoms. The average molecular weight is 320 g/mol. The first-order valence-corrected chi connectivity index (χ1v) is 8.13. The smallest absolute Gasteiger partial charge is 0.335 e. The molecule has 0 saturated carbocycles.